The molecule has 228 valence electrons. The van der Waals surface area contributed by atoms with Crippen LogP contribution in [0.1, 0.15) is 28.5 Å². The monoisotopic (exact) mass is 606 g/mol. The van der Waals surface area contributed by atoms with Crippen molar-refractivity contribution in [2.24, 2.45) is 11.8 Å². The maximum Gasteiger partial charge on any atom is 0.435 e. The Bertz CT molecular complexity index is 1630. The molecule has 1 aliphatic heterocycles. The van der Waals surface area contributed by atoms with E-state index in [2.05, 4.69) is 31.0 Å². The number of nitrogens with zero attached hydrogens (tertiary/aromatic N) is 5. The fourth-order valence-electron chi connectivity index (χ4n) is 5.44. The number of rotatable bonds is 8. The Balaban J connectivity index is 0.00000118. The lowest BCUT2D eigenvalue weighted by molar-refractivity contribution is -0.141. The van der Waals surface area contributed by atoms with Crippen molar-refractivity contribution >= 4 is 29.5 Å². The van der Waals surface area contributed by atoms with Crippen molar-refractivity contribution in [1.29, 1.82) is 0 Å². The summed E-state index contributed by atoms with van der Waals surface area (Å²) in [6.45, 7) is 2.56. The second-order valence-corrected chi connectivity index (χ2v) is 10.1. The summed E-state index contributed by atoms with van der Waals surface area (Å²) in [6, 6.07) is 5.49. The van der Waals surface area contributed by atoms with E-state index in [1.807, 2.05) is 13.0 Å². The third-order valence-corrected chi connectivity index (χ3v) is 7.44. The molecule has 0 spiro atoms. The second kappa shape index (κ2) is 11.9. The topological polar surface area (TPSA) is 138 Å². The number of aryl methyl sites for hydroxylation is 1. The molecule has 43 heavy (non-hydrogen) atoms. The zero-order valence-electron chi connectivity index (χ0n) is 22.6. The molecule has 4 heterocycles. The number of imidazole rings is 1. The minimum absolute atomic E-state index is 0.0228. The average Bonchev–Trinajstić information content (AvgIpc) is 3.42. The van der Waals surface area contributed by atoms with Crippen molar-refractivity contribution in [3.8, 4) is 11.3 Å². The summed E-state index contributed by atoms with van der Waals surface area (Å²) in [5.41, 5.74) is 0.609. The fraction of sp³-hybridized carbons (Fsp3) is 0.370. The number of alkyl halides is 5. The van der Waals surface area contributed by atoms with Crippen molar-refractivity contribution in [3.05, 3.63) is 59.8 Å². The summed E-state index contributed by atoms with van der Waals surface area (Å²) in [4.78, 5) is 29.9. The Morgan fingerprint density at radius 3 is 2.60 bits per heavy atom. The largest absolute Gasteiger partial charge is 0.483 e. The zero-order chi connectivity index (χ0) is 30.9. The average molecular weight is 607 g/mol. The highest BCUT2D eigenvalue weighted by Crippen LogP contribution is 2.42. The number of hydrogen-bond donors (Lipinski definition) is 4. The minimum Gasteiger partial charge on any atom is -0.483 e. The van der Waals surface area contributed by atoms with Crippen molar-refractivity contribution < 1.29 is 36.6 Å². The molecule has 0 bridgehead atoms. The molecule has 2 fully saturated rings. The molecule has 3 aromatic heterocycles. The van der Waals surface area contributed by atoms with Gasteiger partial charge in [0, 0.05) is 49.0 Å². The quantitative estimate of drug-likeness (QED) is 0.175. The van der Waals surface area contributed by atoms with E-state index >= 15 is 0 Å². The summed E-state index contributed by atoms with van der Waals surface area (Å²) < 4.78 is 68.8. The predicted molar refractivity (Wildman–Crippen MR) is 144 cm³/mol. The van der Waals surface area contributed by atoms with Crippen LogP contribution in [0.25, 0.3) is 16.9 Å². The van der Waals surface area contributed by atoms with Crippen molar-refractivity contribution in [2.75, 3.05) is 18.4 Å². The number of carboxylic acid groups (broad SMARTS) is 1. The van der Waals surface area contributed by atoms with Gasteiger partial charge in [0.05, 0.1) is 17.5 Å². The number of fused-ring (bicyclic) bond motifs is 2. The number of halogens is 5. The van der Waals surface area contributed by atoms with E-state index in [1.54, 1.807) is 12.1 Å². The summed E-state index contributed by atoms with van der Waals surface area (Å²) in [6.07, 6.45) is -2.15. The van der Waals surface area contributed by atoms with Crippen molar-refractivity contribution in [1.82, 2.24) is 34.8 Å². The van der Waals surface area contributed by atoms with Crippen molar-refractivity contribution in [2.45, 2.75) is 38.5 Å². The normalized spacial score (nSPS) is 19.1. The van der Waals surface area contributed by atoms with Gasteiger partial charge in [0.1, 0.15) is 6.54 Å². The van der Waals surface area contributed by atoms with Gasteiger partial charge >= 0.3 is 6.18 Å². The first-order valence-corrected chi connectivity index (χ1v) is 13.3. The van der Waals surface area contributed by atoms with Gasteiger partial charge in [0.15, 0.2) is 17.2 Å². The summed E-state index contributed by atoms with van der Waals surface area (Å²) in [5.74, 6) is 1.13. The lowest BCUT2D eigenvalue weighted by atomic mass is 10.0. The predicted octanol–water partition coefficient (Wildman–Crippen LogP) is 3.83. The highest BCUT2D eigenvalue weighted by molar-refractivity contribution is 5.96. The third kappa shape index (κ3) is 6.14. The molecule has 4 aromatic rings. The number of carbonyl (C=O) groups is 2. The first-order chi connectivity index (χ1) is 20.5. The van der Waals surface area contributed by atoms with Crippen LogP contribution in [0.3, 0.4) is 0 Å². The summed E-state index contributed by atoms with van der Waals surface area (Å²) in [7, 11) is 0. The van der Waals surface area contributed by atoms with E-state index in [0.29, 0.717) is 34.2 Å². The van der Waals surface area contributed by atoms with Crippen LogP contribution < -0.4 is 16.0 Å². The van der Waals surface area contributed by atoms with Crippen LogP contribution in [0.15, 0.2) is 43.0 Å². The Hall–Kier alpha value is -4.60. The number of amides is 1. The van der Waals surface area contributed by atoms with E-state index < -0.39 is 24.8 Å². The van der Waals surface area contributed by atoms with Gasteiger partial charge in [0.25, 0.3) is 18.8 Å². The molecule has 2 aliphatic rings. The number of benzene rings is 1. The molecule has 4 N–H and O–H groups in total. The zero-order valence-corrected chi connectivity index (χ0v) is 22.6. The summed E-state index contributed by atoms with van der Waals surface area (Å²) >= 11 is 0. The number of aromatic nitrogens is 5. The smallest absolute Gasteiger partial charge is 0.435 e. The van der Waals surface area contributed by atoms with Gasteiger partial charge in [-0.15, -0.1) is 0 Å². The van der Waals surface area contributed by atoms with Crippen LogP contribution in [-0.2, 0) is 23.9 Å². The molecular formula is C27H27F5N8O3. The van der Waals surface area contributed by atoms with E-state index in [0.717, 1.165) is 24.8 Å². The number of piperidine rings is 1. The van der Waals surface area contributed by atoms with Gasteiger partial charge in [-0.2, -0.15) is 18.3 Å². The van der Waals surface area contributed by atoms with Crippen LogP contribution >= 0.6 is 0 Å². The van der Waals surface area contributed by atoms with Gasteiger partial charge in [-0.25, -0.2) is 18.7 Å². The number of nitrogens with one attached hydrogen (secondary N) is 3. The molecule has 2 unspecified atom stereocenters. The standard InChI is InChI=1S/C26H25F5N8O.CH2O2/c1-2-13-7-14(3-4-15(13)25(40)36-21-16-8-32-9-17(16)21)35-23-24-34-10-19(39(24)6-5-33-23)18-11-38(12-20(27)28)37-22(18)26(29,30)31;2-1-3/h3-7,10-11,16-17,20-21,32H,2,8-9,12H2,1H3,(H,33,35)(H,36,40);1H,(H,2,3). The number of anilines is 2. The van der Waals surface area contributed by atoms with Crippen LogP contribution in [0.2, 0.25) is 0 Å². The second-order valence-electron chi connectivity index (χ2n) is 10.1. The molecule has 1 saturated carbocycles. The highest BCUT2D eigenvalue weighted by Gasteiger charge is 2.53. The highest BCUT2D eigenvalue weighted by atomic mass is 19.4. The fourth-order valence-corrected chi connectivity index (χ4v) is 5.44. The molecule has 16 heteroatoms. The van der Waals surface area contributed by atoms with Gasteiger partial charge in [-0.3, -0.25) is 18.7 Å². The molecule has 11 nitrogen and oxygen atoms in total. The molecule has 1 aliphatic carbocycles. The first kappa shape index (κ1) is 29.9. The van der Waals surface area contributed by atoms with E-state index in [9.17, 15) is 26.7 Å². The Kier molecular flexibility index (Phi) is 8.30. The van der Waals surface area contributed by atoms with E-state index in [4.69, 9.17) is 9.90 Å². The maximum atomic E-state index is 13.7. The van der Waals surface area contributed by atoms with Gasteiger partial charge < -0.3 is 21.1 Å². The van der Waals surface area contributed by atoms with Crippen LogP contribution in [0.4, 0.5) is 33.5 Å². The maximum absolute atomic E-state index is 13.7. The van der Waals surface area contributed by atoms with Gasteiger partial charge in [-0.05, 0) is 42.0 Å². The van der Waals surface area contributed by atoms with Gasteiger partial charge in [-0.1, -0.05) is 6.92 Å². The molecule has 2 atom stereocenters. The molecule has 1 aromatic carbocycles. The third-order valence-electron chi connectivity index (χ3n) is 7.44. The lowest BCUT2D eigenvalue weighted by Crippen LogP contribution is -2.33. The molecule has 1 amide bonds. The molecular weight excluding hydrogens is 579 g/mol. The van der Waals surface area contributed by atoms with Gasteiger partial charge in [0.2, 0.25) is 0 Å². The molecule has 0 radical (unpaired) electrons. The first-order valence-electron chi connectivity index (χ1n) is 13.3. The lowest BCUT2D eigenvalue weighted by Gasteiger charge is -2.13. The van der Waals surface area contributed by atoms with E-state index in [1.165, 1.54) is 23.0 Å². The summed E-state index contributed by atoms with van der Waals surface area (Å²) in [5, 5.41) is 19.8. The molecule has 6 rings (SSSR count). The Morgan fingerprint density at radius 1 is 1.23 bits per heavy atom. The number of hydrogen-bond acceptors (Lipinski definition) is 7. The van der Waals surface area contributed by atoms with Crippen molar-refractivity contribution in [3.63, 3.8) is 0 Å². The molecule has 1 saturated heterocycles. The SMILES string of the molecule is CCc1cc(Nc2nccn3c(-c4cn(CC(F)F)nc4C(F)(F)F)cnc23)ccc1C(=O)NC1C2CNCC21.O=CO. The minimum atomic E-state index is -4.86. The van der Waals surface area contributed by atoms with E-state index in [-0.39, 0.29) is 41.1 Å². The van der Waals surface area contributed by atoms with Crippen LogP contribution in [-0.4, -0.2) is 67.2 Å². The Morgan fingerprint density at radius 2 is 1.95 bits per heavy atom. The Labute approximate surface area is 241 Å². The van der Waals surface area contributed by atoms with Crippen LogP contribution in [0, 0.1) is 11.8 Å². The number of carbonyl (C=O) groups excluding carboxylic acids is 1. The van der Waals surface area contributed by atoms with Crippen LogP contribution in [0.5, 0.6) is 0 Å².